The standard InChI is InChI=1S/C39H72NO8P/c1-3-5-7-9-11-13-15-17-18-20-21-23-25-27-29-31-38(42)40-33-34-47-49(44,45)48-36-37(41)35-46-39(43)32-30-28-26-24-22-19-16-14-12-10-8-6-4-2/h11,13-14,16-18,37,41H,3-10,12,15,19-36H2,1-2H3,(H,40,42)(H,44,45)/b13-11-,16-14-,18-17-. The minimum atomic E-state index is -4.42. The van der Waals surface area contributed by atoms with E-state index in [0.717, 1.165) is 83.5 Å². The largest absolute Gasteiger partial charge is 0.472 e. The number of carbonyl (C=O) groups is 2. The maximum Gasteiger partial charge on any atom is 0.472 e. The van der Waals surface area contributed by atoms with Gasteiger partial charge >= 0.3 is 13.8 Å². The Morgan fingerprint density at radius 1 is 0.633 bits per heavy atom. The lowest BCUT2D eigenvalue weighted by atomic mass is 10.1. The number of rotatable bonds is 36. The highest BCUT2D eigenvalue weighted by Gasteiger charge is 2.23. The van der Waals surface area contributed by atoms with Gasteiger partial charge in [-0.2, -0.15) is 0 Å². The first-order valence-corrected chi connectivity index (χ1v) is 21.0. The van der Waals surface area contributed by atoms with E-state index in [-0.39, 0.29) is 32.1 Å². The van der Waals surface area contributed by atoms with Crippen LogP contribution in [-0.4, -0.2) is 54.3 Å². The molecule has 0 radical (unpaired) electrons. The zero-order valence-corrected chi connectivity index (χ0v) is 32.0. The van der Waals surface area contributed by atoms with Crippen LogP contribution in [0.5, 0.6) is 0 Å². The predicted molar refractivity (Wildman–Crippen MR) is 201 cm³/mol. The third kappa shape index (κ3) is 37.3. The second kappa shape index (κ2) is 36.0. The van der Waals surface area contributed by atoms with Crippen molar-refractivity contribution in [1.82, 2.24) is 5.32 Å². The van der Waals surface area contributed by atoms with Gasteiger partial charge in [0, 0.05) is 19.4 Å². The molecule has 0 aliphatic carbocycles. The number of ether oxygens (including phenoxy) is 1. The highest BCUT2D eigenvalue weighted by Crippen LogP contribution is 2.42. The van der Waals surface area contributed by atoms with Crippen molar-refractivity contribution in [1.29, 1.82) is 0 Å². The smallest absolute Gasteiger partial charge is 0.463 e. The van der Waals surface area contributed by atoms with Gasteiger partial charge in [0.25, 0.3) is 0 Å². The molecule has 0 saturated heterocycles. The van der Waals surface area contributed by atoms with Crippen molar-refractivity contribution >= 4 is 19.7 Å². The van der Waals surface area contributed by atoms with Crippen molar-refractivity contribution in [3.05, 3.63) is 36.5 Å². The van der Waals surface area contributed by atoms with Gasteiger partial charge in [-0.05, 0) is 70.6 Å². The van der Waals surface area contributed by atoms with Crippen LogP contribution in [0.15, 0.2) is 36.5 Å². The van der Waals surface area contributed by atoms with E-state index in [0.29, 0.717) is 6.42 Å². The molecule has 9 nitrogen and oxygen atoms in total. The molecule has 1 amide bonds. The van der Waals surface area contributed by atoms with Crippen molar-refractivity contribution in [2.24, 2.45) is 0 Å². The van der Waals surface area contributed by atoms with Crippen molar-refractivity contribution in [3.8, 4) is 0 Å². The third-order valence-corrected chi connectivity index (χ3v) is 9.03. The zero-order chi connectivity index (χ0) is 36.1. The molecular weight excluding hydrogens is 641 g/mol. The minimum Gasteiger partial charge on any atom is -0.463 e. The Labute approximate surface area is 299 Å². The molecule has 0 rings (SSSR count). The average molecular weight is 714 g/mol. The van der Waals surface area contributed by atoms with Gasteiger partial charge in [0.1, 0.15) is 12.7 Å². The molecular formula is C39H72NO8P. The zero-order valence-electron chi connectivity index (χ0n) is 31.1. The van der Waals surface area contributed by atoms with Crippen LogP contribution in [0.25, 0.3) is 0 Å². The summed E-state index contributed by atoms with van der Waals surface area (Å²) in [7, 11) is -4.42. The van der Waals surface area contributed by atoms with Crippen molar-refractivity contribution in [3.63, 3.8) is 0 Å². The number of phosphoric acid groups is 1. The lowest BCUT2D eigenvalue weighted by Crippen LogP contribution is -2.27. The summed E-state index contributed by atoms with van der Waals surface area (Å²) in [5.74, 6) is -0.541. The lowest BCUT2D eigenvalue weighted by molar-refractivity contribution is -0.147. The second-order valence-corrected chi connectivity index (χ2v) is 14.3. The number of esters is 1. The van der Waals surface area contributed by atoms with Gasteiger partial charge in [-0.1, -0.05) is 121 Å². The maximum absolute atomic E-state index is 12.0. The highest BCUT2D eigenvalue weighted by atomic mass is 31.2. The molecule has 0 heterocycles. The van der Waals surface area contributed by atoms with Gasteiger partial charge < -0.3 is 20.1 Å². The van der Waals surface area contributed by atoms with Crippen molar-refractivity contribution in [2.45, 2.75) is 174 Å². The van der Waals surface area contributed by atoms with Crippen LogP contribution < -0.4 is 5.32 Å². The summed E-state index contributed by atoms with van der Waals surface area (Å²) >= 11 is 0. The van der Waals surface area contributed by atoms with Gasteiger partial charge in [-0.25, -0.2) is 4.57 Å². The van der Waals surface area contributed by atoms with E-state index in [9.17, 15) is 24.2 Å². The van der Waals surface area contributed by atoms with Crippen molar-refractivity contribution < 1.29 is 37.9 Å². The molecule has 2 atom stereocenters. The predicted octanol–water partition coefficient (Wildman–Crippen LogP) is 10.2. The van der Waals surface area contributed by atoms with Crippen LogP contribution in [0.4, 0.5) is 0 Å². The molecule has 0 aromatic heterocycles. The van der Waals surface area contributed by atoms with Gasteiger partial charge in [0.15, 0.2) is 0 Å². The molecule has 3 N–H and O–H groups in total. The molecule has 0 fully saturated rings. The van der Waals surface area contributed by atoms with E-state index in [1.807, 2.05) is 0 Å². The highest BCUT2D eigenvalue weighted by molar-refractivity contribution is 7.47. The Balaban J connectivity index is 3.66. The number of amides is 1. The van der Waals surface area contributed by atoms with Crippen LogP contribution in [0.1, 0.15) is 168 Å². The van der Waals surface area contributed by atoms with Crippen LogP contribution in [-0.2, 0) is 27.9 Å². The molecule has 0 aromatic carbocycles. The molecule has 0 aliphatic heterocycles. The second-order valence-electron chi connectivity index (χ2n) is 12.9. The Kier molecular flexibility index (Phi) is 34.7. The first-order chi connectivity index (χ1) is 23.8. The van der Waals surface area contributed by atoms with E-state index in [1.54, 1.807) is 0 Å². The maximum atomic E-state index is 12.0. The normalized spacial score (nSPS) is 13.8. The number of allylic oxidation sites excluding steroid dienone is 6. The Morgan fingerprint density at radius 3 is 1.69 bits per heavy atom. The summed E-state index contributed by atoms with van der Waals surface area (Å²) in [4.78, 5) is 33.8. The Bertz CT molecular complexity index is 907. The lowest BCUT2D eigenvalue weighted by Gasteiger charge is -2.15. The molecule has 10 heteroatoms. The molecule has 0 saturated carbocycles. The molecule has 0 bridgehead atoms. The molecule has 0 aromatic rings. The quantitative estimate of drug-likeness (QED) is 0.0253. The molecule has 0 spiro atoms. The number of carbonyl (C=O) groups excluding carboxylic acids is 2. The van der Waals surface area contributed by atoms with Crippen LogP contribution >= 0.6 is 7.82 Å². The summed E-state index contributed by atoms with van der Waals surface area (Å²) < 4.78 is 26.8. The monoisotopic (exact) mass is 713 g/mol. The van der Waals surface area contributed by atoms with E-state index in [2.05, 4.69) is 55.6 Å². The Hall–Kier alpha value is -1.77. The van der Waals surface area contributed by atoms with Gasteiger partial charge in [0.2, 0.25) is 5.91 Å². The SMILES string of the molecule is CCCCC/C=C\C/C=C\CCCCCCCC(=O)NCCOP(=O)(O)OCC(O)COC(=O)CCCCCCC/C=C\CCCCCC. The average Bonchev–Trinajstić information content (AvgIpc) is 3.08. The van der Waals surface area contributed by atoms with Gasteiger partial charge in [0.05, 0.1) is 13.2 Å². The number of aliphatic hydroxyl groups is 1. The number of phosphoric ester groups is 1. The number of hydrogen-bond donors (Lipinski definition) is 3. The minimum absolute atomic E-state index is 0.0728. The van der Waals surface area contributed by atoms with E-state index in [4.69, 9.17) is 13.8 Å². The molecule has 0 aliphatic rings. The summed E-state index contributed by atoms with van der Waals surface area (Å²) in [6.07, 6.45) is 37.8. The topological polar surface area (TPSA) is 131 Å². The number of nitrogens with one attached hydrogen (secondary N) is 1. The third-order valence-electron chi connectivity index (χ3n) is 8.04. The fourth-order valence-electron chi connectivity index (χ4n) is 5.05. The van der Waals surface area contributed by atoms with E-state index in [1.165, 1.54) is 57.8 Å². The molecule has 2 unspecified atom stereocenters. The van der Waals surface area contributed by atoms with Crippen LogP contribution in [0.3, 0.4) is 0 Å². The summed E-state index contributed by atoms with van der Waals surface area (Å²) in [6.45, 7) is 3.47. The molecule has 49 heavy (non-hydrogen) atoms. The summed E-state index contributed by atoms with van der Waals surface area (Å²) in [5, 5.41) is 12.6. The van der Waals surface area contributed by atoms with E-state index < -0.39 is 26.5 Å². The van der Waals surface area contributed by atoms with Crippen molar-refractivity contribution in [2.75, 3.05) is 26.4 Å². The molecule has 286 valence electrons. The number of unbranched alkanes of at least 4 members (excludes halogenated alkanes) is 17. The van der Waals surface area contributed by atoms with Crippen LogP contribution in [0.2, 0.25) is 0 Å². The fourth-order valence-corrected chi connectivity index (χ4v) is 5.81. The summed E-state index contributed by atoms with van der Waals surface area (Å²) in [5.41, 5.74) is 0. The summed E-state index contributed by atoms with van der Waals surface area (Å²) in [6, 6.07) is 0. The fraction of sp³-hybridized carbons (Fsp3) is 0.795. The number of aliphatic hydroxyl groups excluding tert-OH is 1. The van der Waals surface area contributed by atoms with Crippen LogP contribution in [0, 0.1) is 0 Å². The first-order valence-electron chi connectivity index (χ1n) is 19.5. The van der Waals surface area contributed by atoms with E-state index >= 15 is 0 Å². The Morgan fingerprint density at radius 2 is 1.10 bits per heavy atom. The number of hydrogen-bond acceptors (Lipinski definition) is 7. The first kappa shape index (κ1) is 47.2. The van der Waals surface area contributed by atoms with Gasteiger partial charge in [-0.3, -0.25) is 18.6 Å². The van der Waals surface area contributed by atoms with Gasteiger partial charge in [-0.15, -0.1) is 0 Å².